The SMILES string of the molecule is CC(C)S(=O)(=O)CCN1CCN([C@H](C)c2ccccc2F)CC1. The summed E-state index contributed by atoms with van der Waals surface area (Å²) in [5.74, 6) is 0.0542. The van der Waals surface area contributed by atoms with E-state index < -0.39 is 9.84 Å². The molecule has 0 saturated carbocycles. The number of halogens is 1. The molecular weight excluding hydrogens is 315 g/mol. The van der Waals surface area contributed by atoms with Crippen LogP contribution in [0.5, 0.6) is 0 Å². The number of rotatable bonds is 6. The Morgan fingerprint density at radius 2 is 1.70 bits per heavy atom. The van der Waals surface area contributed by atoms with E-state index in [-0.39, 0.29) is 22.9 Å². The molecule has 0 amide bonds. The van der Waals surface area contributed by atoms with Crippen LogP contribution in [0.2, 0.25) is 0 Å². The molecule has 1 fully saturated rings. The Kier molecular flexibility index (Phi) is 6.17. The van der Waals surface area contributed by atoms with Crippen LogP contribution in [-0.4, -0.2) is 61.9 Å². The second kappa shape index (κ2) is 7.73. The van der Waals surface area contributed by atoms with E-state index in [9.17, 15) is 12.8 Å². The van der Waals surface area contributed by atoms with Crippen molar-refractivity contribution < 1.29 is 12.8 Å². The molecule has 130 valence electrons. The fraction of sp³-hybridized carbons (Fsp3) is 0.647. The van der Waals surface area contributed by atoms with Gasteiger partial charge >= 0.3 is 0 Å². The molecule has 23 heavy (non-hydrogen) atoms. The van der Waals surface area contributed by atoms with E-state index in [4.69, 9.17) is 0 Å². The largest absolute Gasteiger partial charge is 0.300 e. The quantitative estimate of drug-likeness (QED) is 0.796. The summed E-state index contributed by atoms with van der Waals surface area (Å²) in [5.41, 5.74) is 0.725. The molecule has 0 bridgehead atoms. The fourth-order valence-electron chi connectivity index (χ4n) is 2.88. The van der Waals surface area contributed by atoms with Crippen LogP contribution in [-0.2, 0) is 9.84 Å². The molecule has 0 aliphatic carbocycles. The Morgan fingerprint density at radius 1 is 1.09 bits per heavy atom. The summed E-state index contributed by atoms with van der Waals surface area (Å²) < 4.78 is 37.7. The standard InChI is InChI=1S/C17H27FN2O2S/c1-14(2)23(21,22)13-12-19-8-10-20(11-9-19)15(3)16-6-4-5-7-17(16)18/h4-7,14-15H,8-13H2,1-3H3/t15-/m1/s1. The first kappa shape index (κ1) is 18.4. The third-order valence-corrected chi connectivity index (χ3v) is 6.91. The lowest BCUT2D eigenvalue weighted by atomic mass is 10.1. The van der Waals surface area contributed by atoms with Crippen LogP contribution in [0.15, 0.2) is 24.3 Å². The van der Waals surface area contributed by atoms with Crippen LogP contribution in [0, 0.1) is 5.82 Å². The van der Waals surface area contributed by atoms with Crippen molar-refractivity contribution in [2.75, 3.05) is 38.5 Å². The van der Waals surface area contributed by atoms with Gasteiger partial charge in [-0.3, -0.25) is 9.80 Å². The molecule has 1 atom stereocenters. The maximum atomic E-state index is 13.9. The maximum Gasteiger partial charge on any atom is 0.153 e. The van der Waals surface area contributed by atoms with Crippen molar-refractivity contribution in [3.63, 3.8) is 0 Å². The molecule has 0 radical (unpaired) electrons. The first-order chi connectivity index (χ1) is 10.8. The van der Waals surface area contributed by atoms with Crippen LogP contribution in [0.1, 0.15) is 32.4 Å². The van der Waals surface area contributed by atoms with Crippen molar-refractivity contribution in [1.82, 2.24) is 9.80 Å². The molecule has 1 aromatic rings. The van der Waals surface area contributed by atoms with E-state index in [1.165, 1.54) is 6.07 Å². The van der Waals surface area contributed by atoms with Gasteiger partial charge < -0.3 is 0 Å². The number of nitrogens with zero attached hydrogens (tertiary/aromatic N) is 2. The molecule has 0 N–H and O–H groups in total. The van der Waals surface area contributed by atoms with Crippen LogP contribution >= 0.6 is 0 Å². The molecular formula is C17H27FN2O2S. The van der Waals surface area contributed by atoms with Crippen LogP contribution in [0.4, 0.5) is 4.39 Å². The van der Waals surface area contributed by atoms with Crippen molar-refractivity contribution in [2.24, 2.45) is 0 Å². The minimum absolute atomic E-state index is 0.0396. The molecule has 4 nitrogen and oxygen atoms in total. The second-order valence-corrected chi connectivity index (χ2v) is 9.17. The van der Waals surface area contributed by atoms with E-state index in [0.29, 0.717) is 6.54 Å². The monoisotopic (exact) mass is 342 g/mol. The molecule has 0 spiro atoms. The normalized spacial score (nSPS) is 19.2. The molecule has 1 saturated heterocycles. The summed E-state index contributed by atoms with van der Waals surface area (Å²) in [6.07, 6.45) is 0. The predicted molar refractivity (Wildman–Crippen MR) is 91.8 cm³/mol. The maximum absolute atomic E-state index is 13.9. The van der Waals surface area contributed by atoms with Gasteiger partial charge in [-0.2, -0.15) is 0 Å². The Morgan fingerprint density at radius 3 is 2.26 bits per heavy atom. The Labute approximate surface area is 139 Å². The molecule has 0 unspecified atom stereocenters. The summed E-state index contributed by atoms with van der Waals surface area (Å²) in [6.45, 7) is 9.37. The van der Waals surface area contributed by atoms with Crippen molar-refractivity contribution in [2.45, 2.75) is 32.1 Å². The van der Waals surface area contributed by atoms with Crippen molar-refractivity contribution >= 4 is 9.84 Å². The zero-order chi connectivity index (χ0) is 17.0. The minimum atomic E-state index is -2.98. The average Bonchev–Trinajstić information content (AvgIpc) is 2.53. The highest BCUT2D eigenvalue weighted by molar-refractivity contribution is 7.92. The smallest absolute Gasteiger partial charge is 0.153 e. The second-order valence-electron chi connectivity index (χ2n) is 6.49. The molecule has 0 aromatic heterocycles. The van der Waals surface area contributed by atoms with Crippen molar-refractivity contribution in [3.8, 4) is 0 Å². The Balaban J connectivity index is 1.86. The first-order valence-corrected chi connectivity index (χ1v) is 9.95. The zero-order valence-corrected chi connectivity index (χ0v) is 15.0. The zero-order valence-electron chi connectivity index (χ0n) is 14.2. The van der Waals surface area contributed by atoms with Gasteiger partial charge in [0.25, 0.3) is 0 Å². The van der Waals surface area contributed by atoms with E-state index in [1.807, 2.05) is 19.1 Å². The highest BCUT2D eigenvalue weighted by atomic mass is 32.2. The molecule has 1 aromatic carbocycles. The van der Waals surface area contributed by atoms with Crippen LogP contribution in [0.3, 0.4) is 0 Å². The molecule has 6 heteroatoms. The number of hydrogen-bond acceptors (Lipinski definition) is 4. The van der Waals surface area contributed by atoms with Gasteiger partial charge in [0.1, 0.15) is 5.82 Å². The van der Waals surface area contributed by atoms with Crippen LogP contribution < -0.4 is 0 Å². The van der Waals surface area contributed by atoms with Gasteiger partial charge in [0.15, 0.2) is 9.84 Å². The number of piperazine rings is 1. The highest BCUT2D eigenvalue weighted by Gasteiger charge is 2.25. The number of hydrogen-bond donors (Lipinski definition) is 0. The lowest BCUT2D eigenvalue weighted by molar-refractivity contribution is 0.105. The summed E-state index contributed by atoms with van der Waals surface area (Å²) >= 11 is 0. The summed E-state index contributed by atoms with van der Waals surface area (Å²) in [5, 5.41) is -0.315. The number of benzene rings is 1. The van der Waals surface area contributed by atoms with Gasteiger partial charge in [-0.15, -0.1) is 0 Å². The van der Waals surface area contributed by atoms with E-state index in [0.717, 1.165) is 31.7 Å². The van der Waals surface area contributed by atoms with Crippen LogP contribution in [0.25, 0.3) is 0 Å². The first-order valence-electron chi connectivity index (χ1n) is 8.23. The van der Waals surface area contributed by atoms with Gasteiger partial charge in [-0.25, -0.2) is 12.8 Å². The number of sulfone groups is 1. The third kappa shape index (κ3) is 4.75. The Hall–Kier alpha value is -0.980. The van der Waals surface area contributed by atoms with Gasteiger partial charge in [0.05, 0.1) is 11.0 Å². The third-order valence-electron chi connectivity index (χ3n) is 4.72. The molecule has 1 aliphatic heterocycles. The Bertz CT molecular complexity index is 611. The summed E-state index contributed by atoms with van der Waals surface area (Å²) in [7, 11) is -2.98. The van der Waals surface area contributed by atoms with Gasteiger partial charge in [0.2, 0.25) is 0 Å². The highest BCUT2D eigenvalue weighted by Crippen LogP contribution is 2.23. The lowest BCUT2D eigenvalue weighted by Gasteiger charge is -2.38. The van der Waals surface area contributed by atoms with Gasteiger partial charge in [-0.1, -0.05) is 18.2 Å². The van der Waals surface area contributed by atoms with E-state index in [1.54, 1.807) is 19.9 Å². The van der Waals surface area contributed by atoms with Crippen molar-refractivity contribution in [3.05, 3.63) is 35.6 Å². The topological polar surface area (TPSA) is 40.6 Å². The van der Waals surface area contributed by atoms with E-state index >= 15 is 0 Å². The predicted octanol–water partition coefficient (Wildman–Crippen LogP) is 2.33. The average molecular weight is 342 g/mol. The molecule has 2 rings (SSSR count). The van der Waals surface area contributed by atoms with Gasteiger partial charge in [0, 0.05) is 44.3 Å². The molecule has 1 heterocycles. The minimum Gasteiger partial charge on any atom is -0.300 e. The molecule has 1 aliphatic rings. The summed E-state index contributed by atoms with van der Waals surface area (Å²) in [4.78, 5) is 4.44. The fourth-order valence-corrected chi connectivity index (χ4v) is 3.86. The van der Waals surface area contributed by atoms with E-state index in [2.05, 4.69) is 9.80 Å². The van der Waals surface area contributed by atoms with Gasteiger partial charge in [-0.05, 0) is 26.8 Å². The summed E-state index contributed by atoms with van der Waals surface area (Å²) in [6, 6.07) is 6.94. The lowest BCUT2D eigenvalue weighted by Crippen LogP contribution is -2.48. The van der Waals surface area contributed by atoms with Crippen molar-refractivity contribution in [1.29, 1.82) is 0 Å².